The molecule has 0 saturated carbocycles. The molecule has 0 fully saturated rings. The Morgan fingerprint density at radius 1 is 1.31 bits per heavy atom. The summed E-state index contributed by atoms with van der Waals surface area (Å²) >= 11 is 0. The van der Waals surface area contributed by atoms with Crippen molar-refractivity contribution in [1.82, 2.24) is 10.5 Å². The summed E-state index contributed by atoms with van der Waals surface area (Å²) in [4.78, 5) is 23.6. The maximum atomic E-state index is 12.1. The van der Waals surface area contributed by atoms with E-state index in [9.17, 15) is 14.7 Å². The van der Waals surface area contributed by atoms with Gasteiger partial charge in [-0.3, -0.25) is 9.59 Å². The van der Waals surface area contributed by atoms with Crippen LogP contribution in [0.2, 0.25) is 0 Å². The number of carboxylic acids is 1. The third-order valence-corrected chi connectivity index (χ3v) is 3.65. The minimum atomic E-state index is -0.987. The number of aliphatic carboxylic acids is 1. The summed E-state index contributed by atoms with van der Waals surface area (Å²) in [6.45, 7) is 2.64. The summed E-state index contributed by atoms with van der Waals surface area (Å²) in [6, 6.07) is 8.68. The van der Waals surface area contributed by atoms with Crippen molar-refractivity contribution in [3.05, 3.63) is 47.3 Å². The van der Waals surface area contributed by atoms with Crippen LogP contribution in [0.25, 0.3) is 0 Å². The van der Waals surface area contributed by atoms with Gasteiger partial charge in [-0.05, 0) is 31.0 Å². The van der Waals surface area contributed by atoms with Crippen molar-refractivity contribution in [2.24, 2.45) is 5.92 Å². The highest BCUT2D eigenvalue weighted by atomic mass is 16.5. The number of benzene rings is 1. The minimum Gasteiger partial charge on any atom is -0.494 e. The molecule has 1 amide bonds. The van der Waals surface area contributed by atoms with Crippen LogP contribution in [0, 0.1) is 5.92 Å². The average molecular weight is 362 g/mol. The van der Waals surface area contributed by atoms with E-state index >= 15 is 0 Å². The second-order valence-corrected chi connectivity index (χ2v) is 5.64. The number of nitrogens with zero attached hydrogens (tertiary/aromatic N) is 1. The first-order valence-electron chi connectivity index (χ1n) is 8.20. The number of carboxylic acid groups (broad SMARTS) is 1. The van der Waals surface area contributed by atoms with Crippen molar-refractivity contribution in [3.8, 4) is 5.75 Å². The van der Waals surface area contributed by atoms with Gasteiger partial charge in [-0.2, -0.15) is 0 Å². The van der Waals surface area contributed by atoms with Gasteiger partial charge in [0.1, 0.15) is 12.4 Å². The van der Waals surface area contributed by atoms with Gasteiger partial charge in [-0.15, -0.1) is 0 Å². The van der Waals surface area contributed by atoms with Gasteiger partial charge in [0.05, 0.1) is 12.5 Å². The summed E-state index contributed by atoms with van der Waals surface area (Å²) in [7, 11) is 1.50. The van der Waals surface area contributed by atoms with E-state index in [0.29, 0.717) is 12.4 Å². The Hall–Kier alpha value is -2.87. The van der Waals surface area contributed by atoms with Crippen molar-refractivity contribution in [2.45, 2.75) is 20.0 Å². The molecule has 0 aliphatic carbocycles. The standard InChI is InChI=1S/C18H22N2O6/c1-3-25-14-6-4-12(5-7-14)8-13(18(22)23)10-19-17(21)16-9-15(11-24-2)26-20-16/h4-7,9,13H,3,8,10-11H2,1-2H3,(H,19,21)(H,22,23). The maximum Gasteiger partial charge on any atom is 0.308 e. The lowest BCUT2D eigenvalue weighted by Crippen LogP contribution is -2.34. The minimum absolute atomic E-state index is 0.0200. The van der Waals surface area contributed by atoms with Crippen molar-refractivity contribution in [3.63, 3.8) is 0 Å². The number of hydrogen-bond acceptors (Lipinski definition) is 6. The van der Waals surface area contributed by atoms with Gasteiger partial charge in [0.25, 0.3) is 5.91 Å². The van der Waals surface area contributed by atoms with E-state index in [1.807, 2.05) is 19.1 Å². The van der Waals surface area contributed by atoms with E-state index in [4.69, 9.17) is 14.0 Å². The number of carbonyl (C=O) groups is 2. The molecule has 0 aliphatic heterocycles. The second-order valence-electron chi connectivity index (χ2n) is 5.64. The molecule has 1 aromatic carbocycles. The molecular weight excluding hydrogens is 340 g/mol. The third kappa shape index (κ3) is 5.59. The fourth-order valence-electron chi connectivity index (χ4n) is 2.36. The lowest BCUT2D eigenvalue weighted by molar-refractivity contribution is -0.141. The van der Waals surface area contributed by atoms with Crippen LogP contribution in [0.3, 0.4) is 0 Å². The molecule has 2 N–H and O–H groups in total. The fraction of sp³-hybridized carbons (Fsp3) is 0.389. The molecule has 2 rings (SSSR count). The second kappa shape index (κ2) is 9.57. The van der Waals surface area contributed by atoms with Crippen LogP contribution in [-0.4, -0.2) is 42.4 Å². The topological polar surface area (TPSA) is 111 Å². The van der Waals surface area contributed by atoms with Crippen LogP contribution in [0.15, 0.2) is 34.9 Å². The van der Waals surface area contributed by atoms with Gasteiger partial charge in [0.15, 0.2) is 11.5 Å². The SMILES string of the molecule is CCOc1ccc(CC(CNC(=O)c2cc(COC)on2)C(=O)O)cc1. The van der Waals surface area contributed by atoms with E-state index in [0.717, 1.165) is 11.3 Å². The Kier molecular flexibility index (Phi) is 7.16. The summed E-state index contributed by atoms with van der Waals surface area (Å²) in [5.74, 6) is -1.09. The number of carbonyl (C=O) groups excluding carboxylic acids is 1. The maximum absolute atomic E-state index is 12.1. The highest BCUT2D eigenvalue weighted by molar-refractivity contribution is 5.92. The summed E-state index contributed by atoms with van der Waals surface area (Å²) in [6.07, 6.45) is 0.287. The fourth-order valence-corrected chi connectivity index (χ4v) is 2.36. The zero-order valence-corrected chi connectivity index (χ0v) is 14.7. The van der Waals surface area contributed by atoms with Crippen LogP contribution < -0.4 is 10.1 Å². The molecule has 0 aliphatic rings. The highest BCUT2D eigenvalue weighted by Crippen LogP contribution is 2.15. The zero-order chi connectivity index (χ0) is 18.9. The molecule has 8 heteroatoms. The van der Waals surface area contributed by atoms with Crippen LogP contribution in [0.4, 0.5) is 0 Å². The van der Waals surface area contributed by atoms with E-state index in [2.05, 4.69) is 10.5 Å². The number of nitrogens with one attached hydrogen (secondary N) is 1. The predicted molar refractivity (Wildman–Crippen MR) is 92.0 cm³/mol. The largest absolute Gasteiger partial charge is 0.494 e. The smallest absolute Gasteiger partial charge is 0.308 e. The molecular formula is C18H22N2O6. The molecule has 0 spiro atoms. The Labute approximate surface area is 151 Å². The van der Waals surface area contributed by atoms with Crippen LogP contribution in [0.1, 0.15) is 28.7 Å². The first kappa shape index (κ1) is 19.5. The van der Waals surface area contributed by atoms with Crippen molar-refractivity contribution >= 4 is 11.9 Å². The van der Waals surface area contributed by atoms with Crippen molar-refractivity contribution < 1.29 is 28.7 Å². The molecule has 1 unspecified atom stereocenters. The van der Waals surface area contributed by atoms with Gasteiger partial charge < -0.3 is 24.4 Å². The van der Waals surface area contributed by atoms with Crippen LogP contribution >= 0.6 is 0 Å². The van der Waals surface area contributed by atoms with Crippen molar-refractivity contribution in [1.29, 1.82) is 0 Å². The molecule has 0 bridgehead atoms. The number of ether oxygens (including phenoxy) is 2. The number of hydrogen-bond donors (Lipinski definition) is 2. The van der Waals surface area contributed by atoms with E-state index in [1.165, 1.54) is 13.2 Å². The van der Waals surface area contributed by atoms with Crippen molar-refractivity contribution in [2.75, 3.05) is 20.3 Å². The quantitative estimate of drug-likeness (QED) is 0.664. The molecule has 140 valence electrons. The number of aromatic nitrogens is 1. The molecule has 2 aromatic rings. The monoisotopic (exact) mass is 362 g/mol. The normalized spacial score (nSPS) is 11.8. The molecule has 0 saturated heterocycles. The Morgan fingerprint density at radius 2 is 2.04 bits per heavy atom. The Balaban J connectivity index is 1.92. The molecule has 1 atom stereocenters. The summed E-state index contributed by atoms with van der Waals surface area (Å²) in [5, 5.41) is 15.6. The lowest BCUT2D eigenvalue weighted by atomic mass is 9.99. The summed E-state index contributed by atoms with van der Waals surface area (Å²) in [5.41, 5.74) is 0.932. The van der Waals surface area contributed by atoms with Crippen LogP contribution in [0.5, 0.6) is 5.75 Å². The molecule has 0 radical (unpaired) electrons. The third-order valence-electron chi connectivity index (χ3n) is 3.65. The van der Waals surface area contributed by atoms with Gasteiger partial charge in [-0.1, -0.05) is 17.3 Å². The van der Waals surface area contributed by atoms with Gasteiger partial charge in [0.2, 0.25) is 0 Å². The van der Waals surface area contributed by atoms with Gasteiger partial charge in [-0.25, -0.2) is 0 Å². The van der Waals surface area contributed by atoms with E-state index in [1.54, 1.807) is 12.1 Å². The number of rotatable bonds is 10. The first-order valence-corrected chi connectivity index (χ1v) is 8.20. The van der Waals surface area contributed by atoms with E-state index < -0.39 is 17.8 Å². The lowest BCUT2D eigenvalue weighted by Gasteiger charge is -2.13. The Bertz CT molecular complexity index is 726. The highest BCUT2D eigenvalue weighted by Gasteiger charge is 2.20. The Morgan fingerprint density at radius 3 is 2.65 bits per heavy atom. The first-order chi connectivity index (χ1) is 12.5. The molecule has 1 aromatic heterocycles. The van der Waals surface area contributed by atoms with Gasteiger partial charge in [0, 0.05) is 19.7 Å². The molecule has 8 nitrogen and oxygen atoms in total. The molecule has 1 heterocycles. The molecule has 26 heavy (non-hydrogen) atoms. The average Bonchev–Trinajstić information content (AvgIpc) is 3.09. The predicted octanol–water partition coefficient (Wildman–Crippen LogP) is 1.89. The van der Waals surface area contributed by atoms with Gasteiger partial charge >= 0.3 is 5.97 Å². The number of methoxy groups -OCH3 is 1. The van der Waals surface area contributed by atoms with Crippen LogP contribution in [-0.2, 0) is 22.6 Å². The zero-order valence-electron chi connectivity index (χ0n) is 14.7. The summed E-state index contributed by atoms with van der Waals surface area (Å²) < 4.78 is 15.2. The number of amides is 1. The van der Waals surface area contributed by atoms with E-state index in [-0.39, 0.29) is 25.3 Å².